The van der Waals surface area contributed by atoms with Gasteiger partial charge >= 0.3 is 5.97 Å². The second kappa shape index (κ2) is 3.90. The van der Waals surface area contributed by atoms with Crippen LogP contribution in [0.5, 0.6) is 0 Å². The molecule has 0 amide bonds. The first-order valence-electron chi connectivity index (χ1n) is 4.92. The molecule has 0 aromatic carbocycles. The molecule has 2 aromatic rings. The smallest absolute Gasteiger partial charge is 0.354 e. The Morgan fingerprint density at radius 2 is 2.25 bits per heavy atom. The number of imidazole rings is 1. The number of rotatable bonds is 2. The van der Waals surface area contributed by atoms with Crippen LogP contribution in [0, 0.1) is 0 Å². The summed E-state index contributed by atoms with van der Waals surface area (Å²) in [5.41, 5.74) is 1.49. The molecule has 0 saturated carbocycles. The Morgan fingerprint density at radius 1 is 1.56 bits per heavy atom. The Kier molecular flexibility index (Phi) is 2.71. The highest BCUT2D eigenvalue weighted by Crippen LogP contribution is 2.24. The Morgan fingerprint density at radius 3 is 2.81 bits per heavy atom. The van der Waals surface area contributed by atoms with E-state index < -0.39 is 5.97 Å². The van der Waals surface area contributed by atoms with Gasteiger partial charge in [0.05, 0.1) is 10.2 Å². The summed E-state index contributed by atoms with van der Waals surface area (Å²) in [7, 11) is 0. The van der Waals surface area contributed by atoms with Crippen molar-refractivity contribution in [3.8, 4) is 0 Å². The van der Waals surface area contributed by atoms with Gasteiger partial charge in [0, 0.05) is 6.20 Å². The van der Waals surface area contributed by atoms with Crippen molar-refractivity contribution in [2.45, 2.75) is 19.8 Å². The second-order valence-corrected chi connectivity index (χ2v) is 4.71. The zero-order chi connectivity index (χ0) is 11.9. The quantitative estimate of drug-likeness (QED) is 0.922. The number of hydrogen-bond donors (Lipinski definition) is 1. The van der Waals surface area contributed by atoms with Gasteiger partial charge in [0.2, 0.25) is 0 Å². The predicted molar refractivity (Wildman–Crippen MR) is 63.9 cm³/mol. The van der Waals surface area contributed by atoms with Crippen LogP contribution in [-0.2, 0) is 0 Å². The third kappa shape index (κ3) is 1.61. The first-order valence-corrected chi connectivity index (χ1v) is 5.71. The maximum atomic E-state index is 11.2. The minimum atomic E-state index is -0.950. The van der Waals surface area contributed by atoms with Crippen LogP contribution in [0.1, 0.15) is 35.9 Å². The molecule has 0 radical (unpaired) electrons. The molecule has 0 saturated heterocycles. The fourth-order valence-electron chi connectivity index (χ4n) is 1.67. The van der Waals surface area contributed by atoms with E-state index in [2.05, 4.69) is 20.9 Å². The summed E-state index contributed by atoms with van der Waals surface area (Å²) >= 11 is 3.37. The lowest BCUT2D eigenvalue weighted by Crippen LogP contribution is -2.06. The van der Waals surface area contributed by atoms with E-state index in [0.717, 1.165) is 4.47 Å². The van der Waals surface area contributed by atoms with Crippen LogP contribution >= 0.6 is 15.9 Å². The van der Waals surface area contributed by atoms with Crippen LogP contribution in [0.3, 0.4) is 0 Å². The van der Waals surface area contributed by atoms with Crippen molar-refractivity contribution in [2.75, 3.05) is 0 Å². The molecule has 16 heavy (non-hydrogen) atoms. The number of hydrogen-bond acceptors (Lipinski definition) is 2. The summed E-state index contributed by atoms with van der Waals surface area (Å²) in [5.74, 6) is -0.868. The molecule has 1 N–H and O–H groups in total. The molecule has 84 valence electrons. The fourth-order valence-corrected chi connectivity index (χ4v) is 2.10. The number of aromatic carboxylic acids is 1. The minimum Gasteiger partial charge on any atom is -0.477 e. The summed E-state index contributed by atoms with van der Waals surface area (Å²) in [6.07, 6.45) is 1.71. The van der Waals surface area contributed by atoms with Gasteiger partial charge in [0.15, 0.2) is 11.3 Å². The zero-order valence-corrected chi connectivity index (χ0v) is 10.5. The molecule has 0 fully saturated rings. The Bertz CT molecular complexity index is 560. The van der Waals surface area contributed by atoms with Gasteiger partial charge in [-0.2, -0.15) is 0 Å². The minimum absolute atomic E-state index is 0.0814. The Balaban J connectivity index is 2.86. The first-order chi connectivity index (χ1) is 7.52. The molecule has 0 unspecified atom stereocenters. The van der Waals surface area contributed by atoms with E-state index in [-0.39, 0.29) is 11.6 Å². The summed E-state index contributed by atoms with van der Waals surface area (Å²) in [5, 5.41) is 9.22. The lowest BCUT2D eigenvalue weighted by atomic mass is 10.1. The monoisotopic (exact) mass is 282 g/mol. The molecule has 2 aromatic heterocycles. The average molecular weight is 283 g/mol. The van der Waals surface area contributed by atoms with Crippen molar-refractivity contribution in [1.82, 2.24) is 9.38 Å². The summed E-state index contributed by atoms with van der Waals surface area (Å²) in [6, 6.07) is 3.63. The number of carboxylic acids is 1. The largest absolute Gasteiger partial charge is 0.477 e. The van der Waals surface area contributed by atoms with Gasteiger partial charge in [-0.1, -0.05) is 13.8 Å². The summed E-state index contributed by atoms with van der Waals surface area (Å²) in [6.45, 7) is 3.87. The Labute approximate surface area is 101 Å². The van der Waals surface area contributed by atoms with Crippen molar-refractivity contribution in [2.24, 2.45) is 0 Å². The van der Waals surface area contributed by atoms with Gasteiger partial charge in [-0.3, -0.25) is 4.40 Å². The molecule has 2 rings (SSSR count). The Hall–Kier alpha value is -1.36. The van der Waals surface area contributed by atoms with E-state index in [1.807, 2.05) is 19.9 Å². The molecule has 5 heteroatoms. The number of aromatic nitrogens is 2. The maximum Gasteiger partial charge on any atom is 0.354 e. The molecule has 0 aliphatic carbocycles. The van der Waals surface area contributed by atoms with Gasteiger partial charge < -0.3 is 5.11 Å². The van der Waals surface area contributed by atoms with E-state index >= 15 is 0 Å². The molecule has 0 spiro atoms. The molecule has 0 aliphatic rings. The lowest BCUT2D eigenvalue weighted by molar-refractivity contribution is 0.0687. The number of halogens is 1. The SMILES string of the molecule is CC(C)c1nc2c(Br)cccn2c1C(=O)O. The molecule has 4 nitrogen and oxygen atoms in total. The predicted octanol–water partition coefficient (Wildman–Crippen LogP) is 2.92. The fraction of sp³-hybridized carbons (Fsp3) is 0.273. The van der Waals surface area contributed by atoms with Crippen LogP contribution in [-0.4, -0.2) is 20.5 Å². The van der Waals surface area contributed by atoms with Crippen molar-refractivity contribution in [3.63, 3.8) is 0 Å². The third-order valence-electron chi connectivity index (χ3n) is 2.38. The van der Waals surface area contributed by atoms with Crippen molar-refractivity contribution >= 4 is 27.5 Å². The van der Waals surface area contributed by atoms with E-state index in [4.69, 9.17) is 0 Å². The molecular formula is C11H11BrN2O2. The average Bonchev–Trinajstić information content (AvgIpc) is 2.58. The maximum absolute atomic E-state index is 11.2. The highest BCUT2D eigenvalue weighted by Gasteiger charge is 2.21. The highest BCUT2D eigenvalue weighted by atomic mass is 79.9. The topological polar surface area (TPSA) is 54.6 Å². The van der Waals surface area contributed by atoms with Crippen LogP contribution in [0.4, 0.5) is 0 Å². The third-order valence-corrected chi connectivity index (χ3v) is 3.00. The number of pyridine rings is 1. The molecule has 0 bridgehead atoms. The van der Waals surface area contributed by atoms with E-state index in [1.54, 1.807) is 16.7 Å². The summed E-state index contributed by atoms with van der Waals surface area (Å²) in [4.78, 5) is 15.6. The van der Waals surface area contributed by atoms with Crippen molar-refractivity contribution < 1.29 is 9.90 Å². The molecule has 0 aliphatic heterocycles. The van der Waals surface area contributed by atoms with E-state index in [9.17, 15) is 9.90 Å². The first kappa shape index (κ1) is 11.1. The normalized spacial score (nSPS) is 11.2. The second-order valence-electron chi connectivity index (χ2n) is 3.86. The highest BCUT2D eigenvalue weighted by molar-refractivity contribution is 9.10. The van der Waals surface area contributed by atoms with Gasteiger partial charge in [0.25, 0.3) is 0 Å². The number of nitrogens with zero attached hydrogens (tertiary/aromatic N) is 2. The molecular weight excluding hydrogens is 272 g/mol. The van der Waals surface area contributed by atoms with E-state index in [1.165, 1.54) is 0 Å². The summed E-state index contributed by atoms with van der Waals surface area (Å²) < 4.78 is 2.39. The molecule has 0 atom stereocenters. The van der Waals surface area contributed by atoms with Gasteiger partial charge in [-0.25, -0.2) is 9.78 Å². The van der Waals surface area contributed by atoms with Gasteiger partial charge in [-0.15, -0.1) is 0 Å². The zero-order valence-electron chi connectivity index (χ0n) is 8.94. The van der Waals surface area contributed by atoms with Crippen LogP contribution in [0.15, 0.2) is 22.8 Å². The van der Waals surface area contributed by atoms with Crippen LogP contribution in [0.25, 0.3) is 5.65 Å². The van der Waals surface area contributed by atoms with Gasteiger partial charge in [0.1, 0.15) is 0 Å². The van der Waals surface area contributed by atoms with Crippen LogP contribution in [0.2, 0.25) is 0 Å². The van der Waals surface area contributed by atoms with Crippen molar-refractivity contribution in [1.29, 1.82) is 0 Å². The molecule has 2 heterocycles. The van der Waals surface area contributed by atoms with Gasteiger partial charge in [-0.05, 0) is 34.0 Å². The standard InChI is InChI=1S/C11H11BrN2O2/c1-6(2)8-9(11(15)16)14-5-3-4-7(12)10(14)13-8/h3-6H,1-2H3,(H,15,16). The van der Waals surface area contributed by atoms with E-state index in [0.29, 0.717) is 11.3 Å². The lowest BCUT2D eigenvalue weighted by Gasteiger charge is -2.02. The van der Waals surface area contributed by atoms with Crippen LogP contribution < -0.4 is 0 Å². The number of fused-ring (bicyclic) bond motifs is 1. The van der Waals surface area contributed by atoms with Crippen molar-refractivity contribution in [3.05, 3.63) is 34.2 Å². The number of carboxylic acid groups (broad SMARTS) is 1. The number of carbonyl (C=O) groups is 1.